The minimum atomic E-state index is -0.0314. The van der Waals surface area contributed by atoms with Crippen molar-refractivity contribution in [2.45, 2.75) is 46.1 Å². The van der Waals surface area contributed by atoms with Gasteiger partial charge in [0.2, 0.25) is 0 Å². The van der Waals surface area contributed by atoms with Gasteiger partial charge in [-0.15, -0.1) is 0 Å². The lowest BCUT2D eigenvalue weighted by Gasteiger charge is -2.20. The highest BCUT2D eigenvalue weighted by molar-refractivity contribution is 5.94. The van der Waals surface area contributed by atoms with Crippen LogP contribution in [0.1, 0.15) is 60.8 Å². The largest absolute Gasteiger partial charge is 0.346 e. The van der Waals surface area contributed by atoms with Gasteiger partial charge in [-0.1, -0.05) is 62.7 Å². The van der Waals surface area contributed by atoms with Crippen molar-refractivity contribution < 1.29 is 4.79 Å². The van der Waals surface area contributed by atoms with Crippen LogP contribution >= 0.6 is 0 Å². The first-order chi connectivity index (χ1) is 10.3. The molecule has 116 valence electrons. The quantitative estimate of drug-likeness (QED) is 0.867. The monoisotopic (exact) mass is 295 g/mol. The SMILES string of the molecule is Cc1cccc(C(=O)N[C@@H](C)c2ccc(C(C)(C)C)cc2)c1. The van der Waals surface area contributed by atoms with E-state index in [4.69, 9.17) is 0 Å². The average Bonchev–Trinajstić information content (AvgIpc) is 2.46. The Morgan fingerprint density at radius 1 is 1.05 bits per heavy atom. The molecule has 0 aromatic heterocycles. The summed E-state index contributed by atoms with van der Waals surface area (Å²) in [5.41, 5.74) is 4.36. The Balaban J connectivity index is 2.09. The summed E-state index contributed by atoms with van der Waals surface area (Å²) in [6, 6.07) is 16.1. The van der Waals surface area contributed by atoms with Crippen LogP contribution in [0.4, 0.5) is 0 Å². The molecule has 0 aliphatic heterocycles. The fourth-order valence-corrected chi connectivity index (χ4v) is 2.42. The first kappa shape index (κ1) is 16.3. The first-order valence-corrected chi connectivity index (χ1v) is 7.75. The molecule has 2 aromatic rings. The Bertz CT molecular complexity index is 650. The summed E-state index contributed by atoms with van der Waals surface area (Å²) in [5, 5.41) is 3.06. The van der Waals surface area contributed by atoms with Gasteiger partial charge in [0.15, 0.2) is 0 Å². The number of nitrogens with one attached hydrogen (secondary N) is 1. The highest BCUT2D eigenvalue weighted by atomic mass is 16.1. The second-order valence-corrected chi connectivity index (χ2v) is 6.94. The molecule has 0 aliphatic carbocycles. The van der Waals surface area contributed by atoms with Crippen LogP contribution < -0.4 is 5.32 Å². The minimum Gasteiger partial charge on any atom is -0.346 e. The second-order valence-electron chi connectivity index (χ2n) is 6.94. The molecule has 22 heavy (non-hydrogen) atoms. The van der Waals surface area contributed by atoms with E-state index in [-0.39, 0.29) is 17.4 Å². The maximum Gasteiger partial charge on any atom is 0.251 e. The van der Waals surface area contributed by atoms with Gasteiger partial charge in [-0.3, -0.25) is 4.79 Å². The molecule has 0 fully saturated rings. The molecule has 2 aromatic carbocycles. The van der Waals surface area contributed by atoms with Crippen molar-refractivity contribution in [1.82, 2.24) is 5.32 Å². The Morgan fingerprint density at radius 3 is 2.23 bits per heavy atom. The lowest BCUT2D eigenvalue weighted by atomic mass is 9.86. The number of aryl methyl sites for hydroxylation is 1. The molecule has 1 N–H and O–H groups in total. The number of benzene rings is 2. The van der Waals surface area contributed by atoms with Crippen LogP contribution in [0.5, 0.6) is 0 Å². The lowest BCUT2D eigenvalue weighted by Crippen LogP contribution is -2.26. The van der Waals surface area contributed by atoms with Gasteiger partial charge in [0, 0.05) is 5.56 Å². The Morgan fingerprint density at radius 2 is 1.68 bits per heavy atom. The topological polar surface area (TPSA) is 29.1 Å². The summed E-state index contributed by atoms with van der Waals surface area (Å²) in [6.07, 6.45) is 0. The van der Waals surface area contributed by atoms with Crippen molar-refractivity contribution in [3.8, 4) is 0 Å². The van der Waals surface area contributed by atoms with Crippen LogP contribution in [-0.2, 0) is 5.41 Å². The number of carbonyl (C=O) groups excluding carboxylic acids is 1. The number of amides is 1. The van der Waals surface area contributed by atoms with Gasteiger partial charge in [-0.05, 0) is 42.5 Å². The molecule has 0 bridgehead atoms. The van der Waals surface area contributed by atoms with Crippen LogP contribution in [0, 0.1) is 6.92 Å². The maximum absolute atomic E-state index is 12.3. The van der Waals surface area contributed by atoms with Crippen molar-refractivity contribution in [1.29, 1.82) is 0 Å². The predicted octanol–water partition coefficient (Wildman–Crippen LogP) is 4.78. The predicted molar refractivity (Wildman–Crippen MR) is 92.2 cm³/mol. The zero-order valence-electron chi connectivity index (χ0n) is 14.1. The first-order valence-electron chi connectivity index (χ1n) is 7.75. The number of hydrogen-bond acceptors (Lipinski definition) is 1. The molecule has 0 aliphatic rings. The van der Waals surface area contributed by atoms with Gasteiger partial charge in [-0.2, -0.15) is 0 Å². The van der Waals surface area contributed by atoms with Crippen LogP contribution in [0.15, 0.2) is 48.5 Å². The number of hydrogen-bond donors (Lipinski definition) is 1. The average molecular weight is 295 g/mol. The van der Waals surface area contributed by atoms with Gasteiger partial charge in [0.25, 0.3) is 5.91 Å². The molecule has 0 saturated heterocycles. The number of rotatable bonds is 3. The van der Waals surface area contributed by atoms with Gasteiger partial charge in [0.1, 0.15) is 0 Å². The van der Waals surface area contributed by atoms with Crippen LogP contribution in [0.2, 0.25) is 0 Å². The van der Waals surface area contributed by atoms with E-state index < -0.39 is 0 Å². The van der Waals surface area contributed by atoms with Gasteiger partial charge in [0.05, 0.1) is 6.04 Å². The van der Waals surface area contributed by atoms with E-state index in [1.807, 2.05) is 38.1 Å². The summed E-state index contributed by atoms with van der Waals surface area (Å²) in [5.74, 6) is -0.0314. The van der Waals surface area contributed by atoms with Crippen LogP contribution in [0.25, 0.3) is 0 Å². The molecule has 0 spiro atoms. The van der Waals surface area contributed by atoms with E-state index in [1.165, 1.54) is 5.56 Å². The highest BCUT2D eigenvalue weighted by Crippen LogP contribution is 2.24. The van der Waals surface area contributed by atoms with Crippen LogP contribution in [0.3, 0.4) is 0 Å². The molecule has 1 atom stereocenters. The van der Waals surface area contributed by atoms with Crippen molar-refractivity contribution in [2.75, 3.05) is 0 Å². The molecular weight excluding hydrogens is 270 g/mol. The molecule has 1 amide bonds. The third-order valence-corrected chi connectivity index (χ3v) is 3.90. The molecule has 0 saturated carbocycles. The molecule has 0 radical (unpaired) electrons. The van der Waals surface area contributed by atoms with E-state index in [1.54, 1.807) is 0 Å². The fraction of sp³-hybridized carbons (Fsp3) is 0.350. The molecule has 0 unspecified atom stereocenters. The zero-order valence-corrected chi connectivity index (χ0v) is 14.1. The number of carbonyl (C=O) groups is 1. The minimum absolute atomic E-state index is 0.0120. The van der Waals surface area contributed by atoms with E-state index >= 15 is 0 Å². The standard InChI is InChI=1S/C20H25NO/c1-14-7-6-8-17(13-14)19(22)21-15(2)16-9-11-18(12-10-16)20(3,4)5/h6-13,15H,1-5H3,(H,21,22)/t15-/m0/s1. The van der Waals surface area contributed by atoms with E-state index in [0.717, 1.165) is 11.1 Å². The Hall–Kier alpha value is -2.09. The van der Waals surface area contributed by atoms with Crippen molar-refractivity contribution in [3.63, 3.8) is 0 Å². The zero-order chi connectivity index (χ0) is 16.3. The molecule has 2 rings (SSSR count). The summed E-state index contributed by atoms with van der Waals surface area (Å²) >= 11 is 0. The Kier molecular flexibility index (Phi) is 4.70. The lowest BCUT2D eigenvalue weighted by molar-refractivity contribution is 0.0940. The van der Waals surface area contributed by atoms with Crippen LogP contribution in [-0.4, -0.2) is 5.91 Å². The summed E-state index contributed by atoms with van der Waals surface area (Å²) in [7, 11) is 0. The van der Waals surface area contributed by atoms with E-state index in [2.05, 4.69) is 50.4 Å². The maximum atomic E-state index is 12.3. The smallest absolute Gasteiger partial charge is 0.251 e. The van der Waals surface area contributed by atoms with Crippen molar-refractivity contribution in [2.24, 2.45) is 0 Å². The summed E-state index contributed by atoms with van der Waals surface area (Å²) in [6.45, 7) is 10.6. The second kappa shape index (κ2) is 6.35. The van der Waals surface area contributed by atoms with E-state index in [0.29, 0.717) is 5.56 Å². The van der Waals surface area contributed by atoms with Gasteiger partial charge >= 0.3 is 0 Å². The third-order valence-electron chi connectivity index (χ3n) is 3.90. The molecule has 0 heterocycles. The van der Waals surface area contributed by atoms with E-state index in [9.17, 15) is 4.79 Å². The molecule has 2 heteroatoms. The van der Waals surface area contributed by atoms with Crippen molar-refractivity contribution in [3.05, 3.63) is 70.8 Å². The third kappa shape index (κ3) is 3.97. The fourth-order valence-electron chi connectivity index (χ4n) is 2.42. The van der Waals surface area contributed by atoms with Gasteiger partial charge in [-0.25, -0.2) is 0 Å². The summed E-state index contributed by atoms with van der Waals surface area (Å²) < 4.78 is 0. The normalized spacial score (nSPS) is 12.8. The highest BCUT2D eigenvalue weighted by Gasteiger charge is 2.15. The summed E-state index contributed by atoms with van der Waals surface area (Å²) in [4.78, 5) is 12.3. The van der Waals surface area contributed by atoms with Crippen molar-refractivity contribution >= 4 is 5.91 Å². The molecular formula is C20H25NO. The molecule has 2 nitrogen and oxygen atoms in total. The van der Waals surface area contributed by atoms with Gasteiger partial charge < -0.3 is 5.32 Å². The Labute approximate surface area is 133 Å².